The molecule has 2 heteroatoms. The first-order chi connectivity index (χ1) is 5.83. The molecule has 0 aliphatic carbocycles. The summed E-state index contributed by atoms with van der Waals surface area (Å²) in [5, 5.41) is 9.11. The summed E-state index contributed by atoms with van der Waals surface area (Å²) in [7, 11) is 0. The Morgan fingerprint density at radius 2 is 2.25 bits per heavy atom. The molecule has 0 heterocycles. The van der Waals surface area contributed by atoms with Gasteiger partial charge in [-0.3, -0.25) is 0 Å². The molecule has 0 aliphatic heterocycles. The third kappa shape index (κ3) is 2.93. The summed E-state index contributed by atoms with van der Waals surface area (Å²) in [5.41, 5.74) is 1.02. The molecule has 0 saturated carbocycles. The molecule has 1 rings (SSSR count). The molecule has 0 aliphatic rings. The molecular formula is C10H14O2. The van der Waals surface area contributed by atoms with Crippen molar-refractivity contribution in [1.82, 2.24) is 0 Å². The normalized spacial score (nSPS) is 10.1. The van der Waals surface area contributed by atoms with Crippen LogP contribution in [0, 0.1) is 0 Å². The topological polar surface area (TPSA) is 29.5 Å². The molecule has 1 N–H and O–H groups in total. The van der Waals surface area contributed by atoms with Gasteiger partial charge in [-0.25, -0.2) is 0 Å². The van der Waals surface area contributed by atoms with Crippen LogP contribution in [-0.2, 0) is 11.3 Å². The van der Waals surface area contributed by atoms with Gasteiger partial charge >= 0.3 is 0 Å². The van der Waals surface area contributed by atoms with Gasteiger partial charge in [-0.15, -0.1) is 0 Å². The van der Waals surface area contributed by atoms with Crippen LogP contribution in [0.1, 0.15) is 18.9 Å². The van der Waals surface area contributed by atoms with Crippen LogP contribution in [0.3, 0.4) is 0 Å². The summed E-state index contributed by atoms with van der Waals surface area (Å²) < 4.78 is 5.31. The van der Waals surface area contributed by atoms with Crippen LogP contribution >= 0.6 is 0 Å². The van der Waals surface area contributed by atoms with Gasteiger partial charge in [0.2, 0.25) is 0 Å². The Labute approximate surface area is 72.8 Å². The van der Waals surface area contributed by atoms with Gasteiger partial charge < -0.3 is 9.84 Å². The molecule has 0 unspecified atom stereocenters. The predicted molar refractivity (Wildman–Crippen MR) is 48.1 cm³/mol. The number of hydrogen-bond acceptors (Lipinski definition) is 2. The second-order valence-electron chi connectivity index (χ2n) is 2.72. The van der Waals surface area contributed by atoms with Crippen molar-refractivity contribution in [3.05, 3.63) is 29.8 Å². The highest BCUT2D eigenvalue weighted by molar-refractivity contribution is 5.26. The number of benzene rings is 1. The van der Waals surface area contributed by atoms with Crippen molar-refractivity contribution in [2.45, 2.75) is 20.0 Å². The quantitative estimate of drug-likeness (QED) is 0.695. The summed E-state index contributed by atoms with van der Waals surface area (Å²) in [5.74, 6) is 0.299. The average Bonchev–Trinajstić information content (AvgIpc) is 2.05. The molecule has 0 amide bonds. The Balaban J connectivity index is 2.41. The Hall–Kier alpha value is -1.02. The highest BCUT2D eigenvalue weighted by Crippen LogP contribution is 2.11. The van der Waals surface area contributed by atoms with Crippen LogP contribution < -0.4 is 0 Å². The molecule has 1 aromatic rings. The smallest absolute Gasteiger partial charge is 0.115 e. The fourth-order valence-electron chi connectivity index (χ4n) is 0.981. The van der Waals surface area contributed by atoms with Crippen molar-refractivity contribution in [1.29, 1.82) is 0 Å². The highest BCUT2D eigenvalue weighted by Gasteiger charge is 1.93. The predicted octanol–water partition coefficient (Wildman–Crippen LogP) is 2.32. The van der Waals surface area contributed by atoms with E-state index in [4.69, 9.17) is 9.84 Å². The summed E-state index contributed by atoms with van der Waals surface area (Å²) in [6, 6.07) is 7.13. The van der Waals surface area contributed by atoms with Gasteiger partial charge in [-0.1, -0.05) is 19.1 Å². The Kier molecular flexibility index (Phi) is 3.61. The largest absolute Gasteiger partial charge is 0.508 e. The van der Waals surface area contributed by atoms with E-state index in [0.717, 1.165) is 18.6 Å². The molecular weight excluding hydrogens is 152 g/mol. The Morgan fingerprint density at radius 3 is 2.92 bits per heavy atom. The number of phenolic OH excluding ortho intramolecular Hbond substituents is 1. The zero-order valence-corrected chi connectivity index (χ0v) is 7.29. The van der Waals surface area contributed by atoms with Crippen molar-refractivity contribution in [3.63, 3.8) is 0 Å². The van der Waals surface area contributed by atoms with Crippen molar-refractivity contribution in [3.8, 4) is 5.75 Å². The molecule has 12 heavy (non-hydrogen) atoms. The molecule has 2 nitrogen and oxygen atoms in total. The lowest BCUT2D eigenvalue weighted by molar-refractivity contribution is 0.121. The molecule has 1 aromatic carbocycles. The van der Waals surface area contributed by atoms with Crippen LogP contribution in [0.4, 0.5) is 0 Å². The van der Waals surface area contributed by atoms with Crippen molar-refractivity contribution in [2.75, 3.05) is 6.61 Å². The standard InChI is InChI=1S/C10H14O2/c1-2-6-12-8-9-4-3-5-10(11)7-9/h3-5,7,11H,2,6,8H2,1H3. The molecule has 0 saturated heterocycles. The SMILES string of the molecule is CCCOCc1cccc(O)c1. The van der Waals surface area contributed by atoms with Crippen molar-refractivity contribution in [2.24, 2.45) is 0 Å². The monoisotopic (exact) mass is 166 g/mol. The van der Waals surface area contributed by atoms with E-state index in [9.17, 15) is 0 Å². The van der Waals surface area contributed by atoms with E-state index in [1.807, 2.05) is 12.1 Å². The first-order valence-electron chi connectivity index (χ1n) is 4.18. The van der Waals surface area contributed by atoms with Crippen LogP contribution in [0.15, 0.2) is 24.3 Å². The van der Waals surface area contributed by atoms with E-state index in [1.165, 1.54) is 0 Å². The third-order valence-electron chi connectivity index (χ3n) is 1.53. The minimum atomic E-state index is 0.299. The molecule has 0 atom stereocenters. The lowest BCUT2D eigenvalue weighted by atomic mass is 10.2. The molecule has 66 valence electrons. The van der Waals surface area contributed by atoms with E-state index in [0.29, 0.717) is 12.4 Å². The van der Waals surface area contributed by atoms with Gasteiger partial charge in [0.05, 0.1) is 6.61 Å². The number of phenols is 1. The number of aromatic hydroxyl groups is 1. The van der Waals surface area contributed by atoms with Crippen LogP contribution in [0.5, 0.6) is 5.75 Å². The second-order valence-corrected chi connectivity index (χ2v) is 2.72. The van der Waals surface area contributed by atoms with Crippen molar-refractivity contribution < 1.29 is 9.84 Å². The highest BCUT2D eigenvalue weighted by atomic mass is 16.5. The van der Waals surface area contributed by atoms with Gasteiger partial charge in [-0.2, -0.15) is 0 Å². The van der Waals surface area contributed by atoms with Gasteiger partial charge in [0.1, 0.15) is 5.75 Å². The maximum atomic E-state index is 9.11. The van der Waals surface area contributed by atoms with Gasteiger partial charge in [-0.05, 0) is 24.1 Å². The lowest BCUT2D eigenvalue weighted by Gasteiger charge is -2.02. The Bertz CT molecular complexity index is 233. The lowest BCUT2D eigenvalue weighted by Crippen LogP contribution is -1.93. The van der Waals surface area contributed by atoms with E-state index < -0.39 is 0 Å². The maximum Gasteiger partial charge on any atom is 0.115 e. The number of ether oxygens (including phenoxy) is 1. The molecule has 0 spiro atoms. The van der Waals surface area contributed by atoms with Crippen LogP contribution in [0.25, 0.3) is 0 Å². The third-order valence-corrected chi connectivity index (χ3v) is 1.53. The Morgan fingerprint density at radius 1 is 1.42 bits per heavy atom. The zero-order valence-electron chi connectivity index (χ0n) is 7.29. The van der Waals surface area contributed by atoms with E-state index in [1.54, 1.807) is 12.1 Å². The van der Waals surface area contributed by atoms with Crippen molar-refractivity contribution >= 4 is 0 Å². The zero-order chi connectivity index (χ0) is 8.81. The maximum absolute atomic E-state index is 9.11. The van der Waals surface area contributed by atoms with E-state index in [2.05, 4.69) is 6.92 Å². The number of hydrogen-bond donors (Lipinski definition) is 1. The first-order valence-corrected chi connectivity index (χ1v) is 4.18. The fourth-order valence-corrected chi connectivity index (χ4v) is 0.981. The van der Waals surface area contributed by atoms with Gasteiger partial charge in [0.15, 0.2) is 0 Å². The summed E-state index contributed by atoms with van der Waals surface area (Å²) in [4.78, 5) is 0. The molecule has 0 bridgehead atoms. The van der Waals surface area contributed by atoms with E-state index >= 15 is 0 Å². The fraction of sp³-hybridized carbons (Fsp3) is 0.400. The summed E-state index contributed by atoms with van der Waals surface area (Å²) in [6.07, 6.45) is 1.03. The minimum Gasteiger partial charge on any atom is -0.508 e. The molecule has 0 aromatic heterocycles. The minimum absolute atomic E-state index is 0.299. The van der Waals surface area contributed by atoms with Crippen LogP contribution in [-0.4, -0.2) is 11.7 Å². The molecule has 0 fully saturated rings. The molecule has 0 radical (unpaired) electrons. The summed E-state index contributed by atoms with van der Waals surface area (Å²) in [6.45, 7) is 3.43. The van der Waals surface area contributed by atoms with E-state index in [-0.39, 0.29) is 0 Å². The second kappa shape index (κ2) is 4.78. The van der Waals surface area contributed by atoms with Gasteiger partial charge in [0, 0.05) is 6.61 Å². The van der Waals surface area contributed by atoms with Crippen LogP contribution in [0.2, 0.25) is 0 Å². The summed E-state index contributed by atoms with van der Waals surface area (Å²) >= 11 is 0. The number of rotatable bonds is 4. The first kappa shape index (κ1) is 9.07. The average molecular weight is 166 g/mol. The van der Waals surface area contributed by atoms with Gasteiger partial charge in [0.25, 0.3) is 0 Å².